The summed E-state index contributed by atoms with van der Waals surface area (Å²) in [6, 6.07) is 5.83. The number of halogens is 1. The molecule has 0 bridgehead atoms. The topological polar surface area (TPSA) is 78.3 Å². The molecular formula is C13H12BrN5OS. The molecule has 1 atom stereocenters. The Morgan fingerprint density at radius 3 is 3.10 bits per heavy atom. The fourth-order valence-corrected chi connectivity index (χ4v) is 3.71. The lowest BCUT2D eigenvalue weighted by Gasteiger charge is -2.04. The standard InChI is InChI=1S/C13H12BrN5OS/c14-9-3-1-2-8(10(9)15)12-18-19-11(7-4-5-20-6-7)16-17-13(19)21-12/h1-3,7H,4-6,15H2. The number of nitrogens with zero attached hydrogens (tertiary/aromatic N) is 4. The minimum absolute atomic E-state index is 0.273. The van der Waals surface area contributed by atoms with Crippen LogP contribution >= 0.6 is 27.3 Å². The summed E-state index contributed by atoms with van der Waals surface area (Å²) in [5.41, 5.74) is 7.72. The molecule has 0 radical (unpaired) electrons. The van der Waals surface area contributed by atoms with Crippen molar-refractivity contribution in [3.05, 3.63) is 28.5 Å². The van der Waals surface area contributed by atoms with Crippen molar-refractivity contribution in [1.29, 1.82) is 0 Å². The lowest BCUT2D eigenvalue weighted by atomic mass is 10.1. The van der Waals surface area contributed by atoms with Crippen molar-refractivity contribution in [1.82, 2.24) is 19.8 Å². The molecule has 1 fully saturated rings. The zero-order valence-electron chi connectivity index (χ0n) is 11.0. The van der Waals surface area contributed by atoms with Gasteiger partial charge in [-0.15, -0.1) is 10.2 Å². The quantitative estimate of drug-likeness (QED) is 0.706. The van der Waals surface area contributed by atoms with Gasteiger partial charge >= 0.3 is 0 Å². The third kappa shape index (κ3) is 2.14. The van der Waals surface area contributed by atoms with E-state index in [4.69, 9.17) is 10.5 Å². The highest BCUT2D eigenvalue weighted by Crippen LogP contribution is 2.35. The van der Waals surface area contributed by atoms with E-state index in [-0.39, 0.29) is 5.92 Å². The molecular weight excluding hydrogens is 354 g/mol. The molecule has 0 amide bonds. The van der Waals surface area contributed by atoms with Gasteiger partial charge in [0.15, 0.2) is 5.82 Å². The Labute approximate surface area is 133 Å². The second-order valence-electron chi connectivity index (χ2n) is 4.92. The lowest BCUT2D eigenvalue weighted by Crippen LogP contribution is -2.04. The van der Waals surface area contributed by atoms with Crippen LogP contribution in [0.3, 0.4) is 0 Å². The van der Waals surface area contributed by atoms with E-state index >= 15 is 0 Å². The predicted octanol–water partition coefficient (Wildman–Crippen LogP) is 2.70. The summed E-state index contributed by atoms with van der Waals surface area (Å²) in [6.45, 7) is 1.46. The Bertz CT molecular complexity index is 808. The summed E-state index contributed by atoms with van der Waals surface area (Å²) >= 11 is 4.94. The van der Waals surface area contributed by atoms with Gasteiger partial charge < -0.3 is 10.5 Å². The van der Waals surface area contributed by atoms with Crippen LogP contribution in [-0.4, -0.2) is 33.0 Å². The zero-order valence-corrected chi connectivity index (χ0v) is 13.4. The van der Waals surface area contributed by atoms with Crippen LogP contribution in [0.25, 0.3) is 15.5 Å². The van der Waals surface area contributed by atoms with E-state index < -0.39 is 0 Å². The number of anilines is 1. The normalized spacial score (nSPS) is 18.6. The molecule has 2 N–H and O–H groups in total. The monoisotopic (exact) mass is 365 g/mol. The maximum atomic E-state index is 6.12. The van der Waals surface area contributed by atoms with Crippen molar-refractivity contribution in [2.45, 2.75) is 12.3 Å². The number of hydrogen-bond acceptors (Lipinski definition) is 6. The van der Waals surface area contributed by atoms with Crippen molar-refractivity contribution >= 4 is 37.9 Å². The summed E-state index contributed by atoms with van der Waals surface area (Å²) in [4.78, 5) is 0.784. The van der Waals surface area contributed by atoms with Crippen LogP contribution in [-0.2, 0) is 4.74 Å². The molecule has 1 saturated heterocycles. The number of fused-ring (bicyclic) bond motifs is 1. The number of nitrogen functional groups attached to an aromatic ring is 1. The van der Waals surface area contributed by atoms with Gasteiger partial charge in [0.25, 0.3) is 0 Å². The van der Waals surface area contributed by atoms with Crippen molar-refractivity contribution in [2.24, 2.45) is 0 Å². The molecule has 1 aliphatic rings. The van der Waals surface area contributed by atoms with Gasteiger partial charge in [-0.1, -0.05) is 17.4 Å². The van der Waals surface area contributed by atoms with Gasteiger partial charge in [-0.25, -0.2) is 0 Å². The average Bonchev–Trinajstić information content (AvgIpc) is 3.16. The third-order valence-electron chi connectivity index (χ3n) is 3.59. The zero-order chi connectivity index (χ0) is 14.4. The number of hydrogen-bond donors (Lipinski definition) is 1. The van der Waals surface area contributed by atoms with E-state index in [1.165, 1.54) is 11.3 Å². The van der Waals surface area contributed by atoms with Crippen LogP contribution in [0.1, 0.15) is 18.2 Å². The fraction of sp³-hybridized carbons (Fsp3) is 0.308. The van der Waals surface area contributed by atoms with E-state index in [0.717, 1.165) is 38.9 Å². The maximum Gasteiger partial charge on any atom is 0.234 e. The molecule has 0 aliphatic carbocycles. The van der Waals surface area contributed by atoms with E-state index in [1.807, 2.05) is 22.7 Å². The number of ether oxygens (including phenoxy) is 1. The Kier molecular flexibility index (Phi) is 3.16. The van der Waals surface area contributed by atoms with Gasteiger partial charge in [-0.05, 0) is 34.5 Å². The molecule has 108 valence electrons. The van der Waals surface area contributed by atoms with Crippen LogP contribution in [0.2, 0.25) is 0 Å². The highest BCUT2D eigenvalue weighted by molar-refractivity contribution is 9.10. The summed E-state index contributed by atoms with van der Waals surface area (Å²) < 4.78 is 8.11. The Morgan fingerprint density at radius 2 is 2.29 bits per heavy atom. The molecule has 2 aromatic heterocycles. The number of nitrogens with two attached hydrogens (primary N) is 1. The largest absolute Gasteiger partial charge is 0.397 e. The van der Waals surface area contributed by atoms with E-state index in [2.05, 4.69) is 31.2 Å². The first-order chi connectivity index (χ1) is 10.2. The molecule has 1 aliphatic heterocycles. The average molecular weight is 366 g/mol. The summed E-state index contributed by atoms with van der Waals surface area (Å²) in [7, 11) is 0. The highest BCUT2D eigenvalue weighted by atomic mass is 79.9. The first-order valence-electron chi connectivity index (χ1n) is 6.58. The fourth-order valence-electron chi connectivity index (χ4n) is 2.46. The molecule has 8 heteroatoms. The predicted molar refractivity (Wildman–Crippen MR) is 84.4 cm³/mol. The van der Waals surface area contributed by atoms with Crippen LogP contribution in [0.15, 0.2) is 22.7 Å². The van der Waals surface area contributed by atoms with Crippen molar-refractivity contribution in [2.75, 3.05) is 18.9 Å². The lowest BCUT2D eigenvalue weighted by molar-refractivity contribution is 0.193. The van der Waals surface area contributed by atoms with Gasteiger partial charge in [0.1, 0.15) is 5.01 Å². The number of para-hydroxylation sites is 1. The van der Waals surface area contributed by atoms with Gasteiger partial charge in [-0.2, -0.15) is 9.61 Å². The molecule has 3 heterocycles. The van der Waals surface area contributed by atoms with Crippen LogP contribution in [0, 0.1) is 0 Å². The first kappa shape index (κ1) is 13.2. The van der Waals surface area contributed by atoms with Gasteiger partial charge in [-0.3, -0.25) is 0 Å². The molecule has 0 saturated carbocycles. The van der Waals surface area contributed by atoms with E-state index in [9.17, 15) is 0 Å². The minimum Gasteiger partial charge on any atom is -0.397 e. The van der Waals surface area contributed by atoms with E-state index in [1.54, 1.807) is 0 Å². The number of aromatic nitrogens is 4. The summed E-state index contributed by atoms with van der Waals surface area (Å²) in [6.07, 6.45) is 0.965. The first-order valence-corrected chi connectivity index (χ1v) is 8.19. The third-order valence-corrected chi connectivity index (χ3v) is 5.22. The minimum atomic E-state index is 0.273. The second-order valence-corrected chi connectivity index (χ2v) is 6.73. The molecule has 21 heavy (non-hydrogen) atoms. The molecule has 3 aromatic rings. The van der Waals surface area contributed by atoms with Crippen LogP contribution in [0.4, 0.5) is 5.69 Å². The summed E-state index contributed by atoms with van der Waals surface area (Å²) in [5.74, 6) is 1.15. The number of rotatable bonds is 2. The van der Waals surface area contributed by atoms with Crippen LogP contribution < -0.4 is 5.73 Å². The molecule has 1 aromatic carbocycles. The second kappa shape index (κ2) is 5.04. The molecule has 6 nitrogen and oxygen atoms in total. The van der Waals surface area contributed by atoms with Crippen molar-refractivity contribution in [3.8, 4) is 10.6 Å². The maximum absolute atomic E-state index is 6.12. The van der Waals surface area contributed by atoms with Gasteiger partial charge in [0.05, 0.1) is 12.3 Å². The molecule has 0 spiro atoms. The highest BCUT2D eigenvalue weighted by Gasteiger charge is 2.25. The smallest absolute Gasteiger partial charge is 0.234 e. The molecule has 1 unspecified atom stereocenters. The van der Waals surface area contributed by atoms with Gasteiger partial charge in [0, 0.05) is 22.6 Å². The SMILES string of the molecule is Nc1c(Br)cccc1-c1nn2c(C3CCOC3)nnc2s1. The Morgan fingerprint density at radius 1 is 1.38 bits per heavy atom. The Balaban J connectivity index is 1.82. The van der Waals surface area contributed by atoms with Crippen molar-refractivity contribution < 1.29 is 4.74 Å². The van der Waals surface area contributed by atoms with E-state index in [0.29, 0.717) is 12.3 Å². The summed E-state index contributed by atoms with van der Waals surface area (Å²) in [5, 5.41) is 14.0. The Hall–Kier alpha value is -1.51. The molecule has 4 rings (SSSR count). The van der Waals surface area contributed by atoms with Gasteiger partial charge in [0.2, 0.25) is 4.96 Å². The van der Waals surface area contributed by atoms with Crippen molar-refractivity contribution in [3.63, 3.8) is 0 Å². The van der Waals surface area contributed by atoms with Crippen LogP contribution in [0.5, 0.6) is 0 Å². The number of benzene rings is 1.